The van der Waals surface area contributed by atoms with E-state index < -0.39 is 12.0 Å². The number of allylic oxidation sites excluding steroid dienone is 1. The molecule has 0 saturated heterocycles. The van der Waals surface area contributed by atoms with Gasteiger partial charge in [-0.25, -0.2) is 9.79 Å². The number of methoxy groups -OCH3 is 1. The Bertz CT molecular complexity index is 1380. The van der Waals surface area contributed by atoms with Gasteiger partial charge in [0.2, 0.25) is 0 Å². The molecule has 1 aliphatic heterocycles. The van der Waals surface area contributed by atoms with Gasteiger partial charge in [0, 0.05) is 4.88 Å². The van der Waals surface area contributed by atoms with Crippen molar-refractivity contribution in [1.29, 1.82) is 0 Å². The minimum Gasteiger partial charge on any atom is -0.493 e. The van der Waals surface area contributed by atoms with E-state index in [-0.39, 0.29) is 12.2 Å². The maximum Gasteiger partial charge on any atom is 0.338 e. The van der Waals surface area contributed by atoms with Crippen LogP contribution in [0.4, 0.5) is 0 Å². The first-order chi connectivity index (χ1) is 16.0. The van der Waals surface area contributed by atoms with Crippen LogP contribution in [0, 0.1) is 0 Å². The number of thiazole rings is 1. The van der Waals surface area contributed by atoms with Crippen LogP contribution < -0.4 is 24.4 Å². The second kappa shape index (κ2) is 9.76. The van der Waals surface area contributed by atoms with Gasteiger partial charge in [0.15, 0.2) is 16.3 Å². The van der Waals surface area contributed by atoms with Crippen LogP contribution in [-0.2, 0) is 9.53 Å². The standard InChI is InChI=1S/C24H24N2O5S2/c1-5-30-18-12-15(9-10-17(18)29-4)21-20(23(28)31-6-2)14(3)25-24-26(21)22(27)19(33-24)13-16-8-7-11-32-16/h7-13,21H,5-6H2,1-4H3/b19-13-. The van der Waals surface area contributed by atoms with E-state index in [1.54, 1.807) is 49.0 Å². The van der Waals surface area contributed by atoms with Gasteiger partial charge in [-0.2, -0.15) is 0 Å². The summed E-state index contributed by atoms with van der Waals surface area (Å²) < 4.78 is 18.6. The van der Waals surface area contributed by atoms with Gasteiger partial charge in [-0.15, -0.1) is 11.3 Å². The van der Waals surface area contributed by atoms with E-state index in [4.69, 9.17) is 14.2 Å². The van der Waals surface area contributed by atoms with E-state index in [0.29, 0.717) is 44.3 Å². The highest BCUT2D eigenvalue weighted by Gasteiger charge is 2.33. The predicted molar refractivity (Wildman–Crippen MR) is 129 cm³/mol. The molecule has 4 rings (SSSR count). The zero-order chi connectivity index (χ0) is 23.5. The summed E-state index contributed by atoms with van der Waals surface area (Å²) in [6, 6.07) is 8.61. The van der Waals surface area contributed by atoms with Crippen LogP contribution in [0.5, 0.6) is 11.5 Å². The van der Waals surface area contributed by atoms with Crippen molar-refractivity contribution >= 4 is 34.7 Å². The van der Waals surface area contributed by atoms with E-state index in [1.165, 1.54) is 11.3 Å². The van der Waals surface area contributed by atoms with Crippen molar-refractivity contribution in [2.75, 3.05) is 20.3 Å². The number of rotatable bonds is 7. The van der Waals surface area contributed by atoms with E-state index in [0.717, 1.165) is 4.88 Å². The molecule has 0 saturated carbocycles. The molecule has 1 aliphatic rings. The van der Waals surface area contributed by atoms with Crippen LogP contribution >= 0.6 is 22.7 Å². The normalized spacial score (nSPS) is 15.8. The largest absolute Gasteiger partial charge is 0.493 e. The van der Waals surface area contributed by atoms with Gasteiger partial charge in [0.25, 0.3) is 5.56 Å². The zero-order valence-corrected chi connectivity index (χ0v) is 20.4. The summed E-state index contributed by atoms with van der Waals surface area (Å²) in [5.74, 6) is 0.616. The third-order valence-electron chi connectivity index (χ3n) is 5.14. The Balaban J connectivity index is 1.97. The Morgan fingerprint density at radius 2 is 2.03 bits per heavy atom. The average Bonchev–Trinajstić information content (AvgIpc) is 3.41. The molecule has 3 aromatic rings. The molecule has 1 unspecified atom stereocenters. The summed E-state index contributed by atoms with van der Waals surface area (Å²) in [5.41, 5.74) is 1.36. The fourth-order valence-electron chi connectivity index (χ4n) is 3.74. The SMILES string of the molecule is CCOC(=O)C1=C(C)N=c2s/c(=C\c3cccs3)c(=O)n2C1c1ccc(OC)c(OCC)c1. The number of benzene rings is 1. The predicted octanol–water partition coefficient (Wildman–Crippen LogP) is 3.27. The Kier molecular flexibility index (Phi) is 6.80. The smallest absolute Gasteiger partial charge is 0.338 e. The van der Waals surface area contributed by atoms with Crippen LogP contribution in [0.3, 0.4) is 0 Å². The molecule has 33 heavy (non-hydrogen) atoms. The number of aromatic nitrogens is 1. The molecule has 3 heterocycles. The van der Waals surface area contributed by atoms with Gasteiger partial charge < -0.3 is 14.2 Å². The summed E-state index contributed by atoms with van der Waals surface area (Å²) >= 11 is 2.86. The van der Waals surface area contributed by atoms with Gasteiger partial charge in [0.05, 0.1) is 42.2 Å². The first-order valence-electron chi connectivity index (χ1n) is 10.5. The third-order valence-corrected chi connectivity index (χ3v) is 6.94. The highest BCUT2D eigenvalue weighted by Crippen LogP contribution is 2.36. The molecule has 0 aliphatic carbocycles. The molecule has 0 bridgehead atoms. The molecule has 0 radical (unpaired) electrons. The lowest BCUT2D eigenvalue weighted by atomic mass is 9.95. The third kappa shape index (κ3) is 4.38. The summed E-state index contributed by atoms with van der Waals surface area (Å²) in [6.07, 6.45) is 1.86. The maximum atomic E-state index is 13.5. The molecule has 9 heteroatoms. The molecule has 0 N–H and O–H groups in total. The zero-order valence-electron chi connectivity index (χ0n) is 18.8. The van der Waals surface area contributed by atoms with Crippen LogP contribution in [0.2, 0.25) is 0 Å². The lowest BCUT2D eigenvalue weighted by molar-refractivity contribution is -0.139. The Morgan fingerprint density at radius 1 is 1.21 bits per heavy atom. The molecule has 0 fully saturated rings. The summed E-state index contributed by atoms with van der Waals surface area (Å²) in [7, 11) is 1.57. The molecule has 172 valence electrons. The monoisotopic (exact) mass is 484 g/mol. The second-order valence-corrected chi connectivity index (χ2v) is 9.15. The van der Waals surface area contributed by atoms with Gasteiger partial charge in [0.1, 0.15) is 0 Å². The first kappa shape index (κ1) is 23.0. The van der Waals surface area contributed by atoms with Crippen LogP contribution in [0.25, 0.3) is 6.08 Å². The fraction of sp³-hybridized carbons (Fsp3) is 0.292. The highest BCUT2D eigenvalue weighted by atomic mass is 32.1. The van der Waals surface area contributed by atoms with Gasteiger partial charge in [-0.1, -0.05) is 23.5 Å². The van der Waals surface area contributed by atoms with Crippen molar-refractivity contribution < 1.29 is 19.0 Å². The first-order valence-corrected chi connectivity index (χ1v) is 12.2. The average molecular weight is 485 g/mol. The van der Waals surface area contributed by atoms with E-state index in [2.05, 4.69) is 4.99 Å². The number of carbonyl (C=O) groups excluding carboxylic acids is 1. The molecular weight excluding hydrogens is 460 g/mol. The Hall–Kier alpha value is -3.17. The molecule has 7 nitrogen and oxygen atoms in total. The van der Waals surface area contributed by atoms with Crippen molar-refractivity contribution in [1.82, 2.24) is 4.57 Å². The van der Waals surface area contributed by atoms with Crippen molar-refractivity contribution in [2.24, 2.45) is 4.99 Å². The minimum atomic E-state index is -0.698. The topological polar surface area (TPSA) is 79.1 Å². The lowest BCUT2D eigenvalue weighted by Gasteiger charge is -2.25. The number of nitrogens with zero attached hydrogens (tertiary/aromatic N) is 2. The quantitative estimate of drug-likeness (QED) is 0.481. The summed E-state index contributed by atoms with van der Waals surface area (Å²) in [4.78, 5) is 32.6. The molecule has 0 amide bonds. The number of hydrogen-bond acceptors (Lipinski definition) is 8. The molecular formula is C24H24N2O5S2. The molecule has 1 atom stereocenters. The van der Waals surface area contributed by atoms with Gasteiger partial charge in [-0.3, -0.25) is 9.36 Å². The van der Waals surface area contributed by atoms with Gasteiger partial charge >= 0.3 is 5.97 Å². The number of fused-ring (bicyclic) bond motifs is 1. The molecule has 1 aromatic carbocycles. The number of carbonyl (C=O) groups is 1. The van der Waals surface area contributed by atoms with Crippen LogP contribution in [-0.4, -0.2) is 30.9 Å². The lowest BCUT2D eigenvalue weighted by Crippen LogP contribution is -2.39. The highest BCUT2D eigenvalue weighted by molar-refractivity contribution is 7.11. The second-order valence-electron chi connectivity index (χ2n) is 7.16. The number of esters is 1. The van der Waals surface area contributed by atoms with Gasteiger partial charge in [-0.05, 0) is 56.0 Å². The van der Waals surface area contributed by atoms with Crippen LogP contribution in [0.15, 0.2) is 56.8 Å². The van der Waals surface area contributed by atoms with Crippen molar-refractivity contribution in [3.05, 3.63) is 77.1 Å². The van der Waals surface area contributed by atoms with Crippen LogP contribution in [0.1, 0.15) is 37.3 Å². The van der Waals surface area contributed by atoms with E-state index in [1.807, 2.05) is 36.6 Å². The van der Waals surface area contributed by atoms with Crippen molar-refractivity contribution in [3.63, 3.8) is 0 Å². The number of thiophene rings is 1. The Labute approximate surface area is 198 Å². The maximum absolute atomic E-state index is 13.5. The molecule has 0 spiro atoms. The number of hydrogen-bond donors (Lipinski definition) is 0. The fourth-order valence-corrected chi connectivity index (χ4v) is 5.51. The van der Waals surface area contributed by atoms with E-state index >= 15 is 0 Å². The number of ether oxygens (including phenoxy) is 3. The van der Waals surface area contributed by atoms with Crippen molar-refractivity contribution in [3.8, 4) is 11.5 Å². The Morgan fingerprint density at radius 3 is 2.70 bits per heavy atom. The molecule has 2 aromatic heterocycles. The summed E-state index contributed by atoms with van der Waals surface area (Å²) in [5, 5.41) is 1.96. The summed E-state index contributed by atoms with van der Waals surface area (Å²) in [6.45, 7) is 6.07. The van der Waals surface area contributed by atoms with Crippen molar-refractivity contribution in [2.45, 2.75) is 26.8 Å². The van der Waals surface area contributed by atoms with E-state index in [9.17, 15) is 9.59 Å². The minimum absolute atomic E-state index is 0.208.